The number of benzene rings is 2. The Labute approximate surface area is 189 Å². The van der Waals surface area contributed by atoms with Gasteiger partial charge >= 0.3 is 12.8 Å². The van der Waals surface area contributed by atoms with E-state index in [9.17, 15) is 27.1 Å². The van der Waals surface area contributed by atoms with Crippen molar-refractivity contribution in [3.63, 3.8) is 0 Å². The maximum absolute atomic E-state index is 12.8. The molecule has 0 bridgehead atoms. The molecule has 0 fully saturated rings. The van der Waals surface area contributed by atoms with Crippen molar-refractivity contribution in [2.24, 2.45) is 0 Å². The highest BCUT2D eigenvalue weighted by molar-refractivity contribution is 5.61. The van der Waals surface area contributed by atoms with Crippen LogP contribution in [0.25, 0.3) is 17.0 Å². The van der Waals surface area contributed by atoms with Gasteiger partial charge in [-0.3, -0.25) is 4.98 Å². The van der Waals surface area contributed by atoms with Crippen LogP contribution >= 0.6 is 0 Å². The Kier molecular flexibility index (Phi) is 6.59. The Morgan fingerprint density at radius 2 is 1.65 bits per heavy atom. The fourth-order valence-corrected chi connectivity index (χ4v) is 3.28. The Bertz CT molecular complexity index is 1240. The average molecular weight is 480 g/mol. The van der Waals surface area contributed by atoms with E-state index in [0.29, 0.717) is 22.6 Å². The van der Waals surface area contributed by atoms with Gasteiger partial charge in [-0.15, -0.1) is 10.2 Å². The van der Waals surface area contributed by atoms with Crippen molar-refractivity contribution in [1.82, 2.24) is 19.6 Å². The number of aliphatic hydroxyl groups is 1. The Balaban J connectivity index is 1.57. The predicted octanol–water partition coefficient (Wildman–Crippen LogP) is 4.57. The molecule has 12 heteroatoms. The first-order valence-corrected chi connectivity index (χ1v) is 9.91. The number of aromatic nitrogens is 4. The number of hydrogen-bond acceptors (Lipinski definition) is 6. The van der Waals surface area contributed by atoms with Crippen LogP contribution in [0.3, 0.4) is 0 Å². The van der Waals surface area contributed by atoms with Crippen LogP contribution in [-0.2, 0) is 6.18 Å². The molecular weight excluding hydrogens is 463 g/mol. The van der Waals surface area contributed by atoms with E-state index in [4.69, 9.17) is 4.74 Å². The van der Waals surface area contributed by atoms with Gasteiger partial charge in [-0.2, -0.15) is 22.0 Å². The molecule has 0 aliphatic heterocycles. The van der Waals surface area contributed by atoms with Gasteiger partial charge < -0.3 is 14.6 Å². The van der Waals surface area contributed by atoms with Gasteiger partial charge in [0, 0.05) is 11.5 Å². The molecule has 1 unspecified atom stereocenters. The number of halogens is 5. The molecule has 2 aromatic heterocycles. The molecular formula is C22H17F5N4O3. The third-order valence-electron chi connectivity index (χ3n) is 4.98. The van der Waals surface area contributed by atoms with Crippen LogP contribution in [0, 0.1) is 0 Å². The highest BCUT2D eigenvalue weighted by Crippen LogP contribution is 2.31. The first-order valence-electron chi connectivity index (χ1n) is 9.91. The number of ether oxygens (including phenoxy) is 2. The molecule has 0 saturated heterocycles. The summed E-state index contributed by atoms with van der Waals surface area (Å²) in [6, 6.07) is 10.2. The number of fused-ring (bicyclic) bond motifs is 1. The summed E-state index contributed by atoms with van der Waals surface area (Å²) in [6.45, 7) is -3.38. The summed E-state index contributed by atoms with van der Waals surface area (Å²) in [4.78, 5) is 4.04. The Morgan fingerprint density at radius 3 is 2.26 bits per heavy atom. The monoisotopic (exact) mass is 480 g/mol. The van der Waals surface area contributed by atoms with Gasteiger partial charge in [0.25, 0.3) is 0 Å². The fourth-order valence-electron chi connectivity index (χ4n) is 3.28. The third-order valence-corrected chi connectivity index (χ3v) is 4.98. The molecule has 2 aromatic carbocycles. The van der Waals surface area contributed by atoms with Crippen molar-refractivity contribution in [2.45, 2.75) is 18.7 Å². The van der Waals surface area contributed by atoms with E-state index in [1.54, 1.807) is 0 Å². The molecule has 0 saturated carbocycles. The smallest absolute Gasteiger partial charge is 0.416 e. The van der Waals surface area contributed by atoms with Crippen molar-refractivity contribution in [1.29, 1.82) is 0 Å². The first kappa shape index (κ1) is 23.4. The van der Waals surface area contributed by atoms with E-state index >= 15 is 0 Å². The van der Waals surface area contributed by atoms with Gasteiger partial charge in [-0.25, -0.2) is 4.40 Å². The molecule has 1 atom stereocenters. The van der Waals surface area contributed by atoms with Gasteiger partial charge in [0.05, 0.1) is 31.2 Å². The number of hydrogen-bond donors (Lipinski definition) is 1. The standard InChI is InChI=1S/C22H17F5N4O3/c23-21(24)34-17-7-3-14(4-8-17)20-30-29-18-9-28-10-19(31(18)20)33-12-15(11-32)13-1-5-16(6-2-13)22(25,26)27/h1-10,15,21,32H,11-12H2. The first-order chi connectivity index (χ1) is 16.3. The topological polar surface area (TPSA) is 81.8 Å². The number of aliphatic hydroxyl groups excluding tert-OH is 1. The van der Waals surface area contributed by atoms with Crippen LogP contribution in [0.15, 0.2) is 60.9 Å². The van der Waals surface area contributed by atoms with Gasteiger partial charge in [0.1, 0.15) is 5.75 Å². The van der Waals surface area contributed by atoms with Crippen LogP contribution in [-0.4, -0.2) is 44.5 Å². The minimum absolute atomic E-state index is 0.0203. The maximum atomic E-state index is 12.8. The average Bonchev–Trinajstić information content (AvgIpc) is 3.24. The molecule has 0 spiro atoms. The lowest BCUT2D eigenvalue weighted by Gasteiger charge is -2.17. The zero-order chi connectivity index (χ0) is 24.3. The molecule has 2 heterocycles. The van der Waals surface area contributed by atoms with Gasteiger partial charge in [-0.05, 0) is 42.0 Å². The number of nitrogens with zero attached hydrogens (tertiary/aromatic N) is 4. The minimum Gasteiger partial charge on any atom is -0.477 e. The van der Waals surface area contributed by atoms with E-state index in [2.05, 4.69) is 19.9 Å². The molecule has 7 nitrogen and oxygen atoms in total. The predicted molar refractivity (Wildman–Crippen MR) is 110 cm³/mol. The highest BCUT2D eigenvalue weighted by Gasteiger charge is 2.30. The molecule has 0 aliphatic carbocycles. The molecule has 34 heavy (non-hydrogen) atoms. The van der Waals surface area contributed by atoms with Gasteiger partial charge in [0.15, 0.2) is 11.5 Å². The van der Waals surface area contributed by atoms with Gasteiger partial charge in [-0.1, -0.05) is 12.1 Å². The van der Waals surface area contributed by atoms with Crippen molar-refractivity contribution in [3.05, 3.63) is 72.1 Å². The van der Waals surface area contributed by atoms with Crippen LogP contribution in [0.4, 0.5) is 22.0 Å². The third kappa shape index (κ3) is 5.06. The molecule has 4 rings (SSSR count). The van der Waals surface area contributed by atoms with E-state index < -0.39 is 24.3 Å². The van der Waals surface area contributed by atoms with Crippen LogP contribution in [0.5, 0.6) is 11.6 Å². The van der Waals surface area contributed by atoms with Gasteiger partial charge in [0.2, 0.25) is 5.88 Å². The second kappa shape index (κ2) is 9.59. The summed E-state index contributed by atoms with van der Waals surface area (Å²) in [7, 11) is 0. The quantitative estimate of drug-likeness (QED) is 0.372. The summed E-state index contributed by atoms with van der Waals surface area (Å²) >= 11 is 0. The normalized spacial score (nSPS) is 12.8. The minimum atomic E-state index is -4.46. The molecule has 178 valence electrons. The molecule has 0 radical (unpaired) electrons. The molecule has 0 aliphatic rings. The van der Waals surface area contributed by atoms with Crippen LogP contribution in [0.2, 0.25) is 0 Å². The van der Waals surface area contributed by atoms with Crippen molar-refractivity contribution >= 4 is 5.65 Å². The zero-order valence-corrected chi connectivity index (χ0v) is 17.3. The van der Waals surface area contributed by atoms with E-state index in [0.717, 1.165) is 12.1 Å². The molecule has 1 N–H and O–H groups in total. The number of rotatable bonds is 8. The Hall–Kier alpha value is -3.80. The van der Waals surface area contributed by atoms with E-state index in [1.165, 1.54) is 53.2 Å². The summed E-state index contributed by atoms with van der Waals surface area (Å²) < 4.78 is 74.9. The second-order valence-electron chi connectivity index (χ2n) is 7.18. The fraction of sp³-hybridized carbons (Fsp3) is 0.227. The van der Waals surface area contributed by atoms with Crippen LogP contribution in [0.1, 0.15) is 17.0 Å². The Morgan fingerprint density at radius 1 is 0.941 bits per heavy atom. The summed E-state index contributed by atoms with van der Waals surface area (Å²) in [5.41, 5.74) is 0.554. The number of alkyl halides is 5. The lowest BCUT2D eigenvalue weighted by molar-refractivity contribution is -0.137. The maximum Gasteiger partial charge on any atom is 0.416 e. The van der Waals surface area contributed by atoms with Crippen LogP contribution < -0.4 is 9.47 Å². The summed E-state index contributed by atoms with van der Waals surface area (Å²) in [5.74, 6) is -0.0712. The van der Waals surface area contributed by atoms with E-state index in [-0.39, 0.29) is 24.8 Å². The lowest BCUT2D eigenvalue weighted by atomic mass is 9.99. The largest absolute Gasteiger partial charge is 0.477 e. The lowest BCUT2D eigenvalue weighted by Crippen LogP contribution is -2.16. The highest BCUT2D eigenvalue weighted by atomic mass is 19.4. The SMILES string of the molecule is OCC(COc1cncc2nnc(-c3ccc(OC(F)F)cc3)n12)c1ccc(C(F)(F)F)cc1. The molecule has 0 amide bonds. The molecule has 4 aromatic rings. The van der Waals surface area contributed by atoms with Crippen molar-refractivity contribution in [2.75, 3.05) is 13.2 Å². The summed E-state index contributed by atoms with van der Waals surface area (Å²) in [5, 5.41) is 17.9. The summed E-state index contributed by atoms with van der Waals surface area (Å²) in [6.07, 6.45) is -1.62. The second-order valence-corrected chi connectivity index (χ2v) is 7.18. The zero-order valence-electron chi connectivity index (χ0n) is 17.3. The van der Waals surface area contributed by atoms with E-state index in [1.807, 2.05) is 0 Å². The van der Waals surface area contributed by atoms with Crippen molar-refractivity contribution in [3.8, 4) is 23.0 Å². The van der Waals surface area contributed by atoms with Crippen molar-refractivity contribution < 1.29 is 36.5 Å².